The highest BCUT2D eigenvalue weighted by molar-refractivity contribution is 8.27. The standard InChI is InChI=1S/C24H14ClNO2S3/c25-16-8-11-18(12-9-16)30-22-13-10-17(28-22)14-21-23(27)26(24(29)31-21)20-7-3-5-15-4-1-2-6-19(15)20/h1-14H/b21-14+. The lowest BCUT2D eigenvalue weighted by atomic mass is 10.1. The number of hydrogen-bond donors (Lipinski definition) is 0. The average Bonchev–Trinajstić information content (AvgIpc) is 3.33. The van der Waals surface area contributed by atoms with E-state index in [0.29, 0.717) is 20.0 Å². The summed E-state index contributed by atoms with van der Waals surface area (Å²) >= 11 is 14.3. The molecule has 1 amide bonds. The van der Waals surface area contributed by atoms with Crippen LogP contribution in [0.2, 0.25) is 5.02 Å². The highest BCUT2D eigenvalue weighted by Gasteiger charge is 2.34. The van der Waals surface area contributed by atoms with Crippen LogP contribution in [0.25, 0.3) is 16.8 Å². The van der Waals surface area contributed by atoms with Gasteiger partial charge in [0.2, 0.25) is 0 Å². The van der Waals surface area contributed by atoms with Crippen molar-refractivity contribution in [2.45, 2.75) is 9.99 Å². The van der Waals surface area contributed by atoms with Gasteiger partial charge in [-0.15, -0.1) is 0 Å². The van der Waals surface area contributed by atoms with Crippen LogP contribution in [0.15, 0.2) is 98.2 Å². The van der Waals surface area contributed by atoms with Gasteiger partial charge in [0.1, 0.15) is 5.76 Å². The number of anilines is 1. The summed E-state index contributed by atoms with van der Waals surface area (Å²) in [4.78, 5) is 16.3. The van der Waals surface area contributed by atoms with Gasteiger partial charge in [-0.1, -0.05) is 83.7 Å². The minimum absolute atomic E-state index is 0.144. The van der Waals surface area contributed by atoms with E-state index in [-0.39, 0.29) is 5.91 Å². The van der Waals surface area contributed by atoms with Crippen molar-refractivity contribution >= 4 is 80.1 Å². The van der Waals surface area contributed by atoms with Crippen molar-refractivity contribution in [1.29, 1.82) is 0 Å². The van der Waals surface area contributed by atoms with Gasteiger partial charge >= 0.3 is 0 Å². The molecule has 0 unspecified atom stereocenters. The summed E-state index contributed by atoms with van der Waals surface area (Å²) in [6.45, 7) is 0. The number of carbonyl (C=O) groups is 1. The third kappa shape index (κ3) is 4.16. The van der Waals surface area contributed by atoms with Gasteiger partial charge in [0.15, 0.2) is 9.41 Å². The second-order valence-electron chi connectivity index (χ2n) is 6.73. The molecule has 0 bridgehead atoms. The third-order valence-electron chi connectivity index (χ3n) is 4.71. The van der Waals surface area contributed by atoms with Crippen LogP contribution in [0.5, 0.6) is 0 Å². The maximum absolute atomic E-state index is 13.2. The smallest absolute Gasteiger partial charge is 0.270 e. The number of benzene rings is 3. The van der Waals surface area contributed by atoms with E-state index < -0.39 is 0 Å². The quantitative estimate of drug-likeness (QED) is 0.222. The van der Waals surface area contributed by atoms with Gasteiger partial charge in [0.25, 0.3) is 5.91 Å². The van der Waals surface area contributed by atoms with E-state index in [4.69, 9.17) is 28.2 Å². The van der Waals surface area contributed by atoms with E-state index in [2.05, 4.69) is 0 Å². The molecule has 1 aliphatic heterocycles. The highest BCUT2D eigenvalue weighted by atomic mass is 35.5. The first kappa shape index (κ1) is 20.4. The predicted octanol–water partition coefficient (Wildman–Crippen LogP) is 7.64. The Morgan fingerprint density at radius 1 is 0.968 bits per heavy atom. The fourth-order valence-corrected chi connectivity index (χ4v) is 5.46. The first-order valence-corrected chi connectivity index (χ1v) is 11.8. The van der Waals surface area contributed by atoms with Crippen LogP contribution in [0.3, 0.4) is 0 Å². The maximum Gasteiger partial charge on any atom is 0.270 e. The van der Waals surface area contributed by atoms with E-state index in [9.17, 15) is 4.79 Å². The molecule has 2 heterocycles. The molecule has 1 fully saturated rings. The normalized spacial score (nSPS) is 15.4. The molecule has 3 nitrogen and oxygen atoms in total. The molecule has 1 saturated heterocycles. The van der Waals surface area contributed by atoms with Crippen LogP contribution in [0.4, 0.5) is 5.69 Å². The fourth-order valence-electron chi connectivity index (χ4n) is 3.29. The Morgan fingerprint density at radius 3 is 2.58 bits per heavy atom. The third-order valence-corrected chi connectivity index (χ3v) is 7.19. The van der Waals surface area contributed by atoms with Crippen molar-refractivity contribution in [2.75, 3.05) is 4.90 Å². The molecule has 0 atom stereocenters. The van der Waals surface area contributed by atoms with Gasteiger partial charge in [-0.2, -0.15) is 0 Å². The van der Waals surface area contributed by atoms with Gasteiger partial charge < -0.3 is 4.42 Å². The van der Waals surface area contributed by atoms with Crippen molar-refractivity contribution in [3.05, 3.63) is 94.6 Å². The zero-order valence-electron chi connectivity index (χ0n) is 15.9. The Hall–Kier alpha value is -2.51. The summed E-state index contributed by atoms with van der Waals surface area (Å²) in [6.07, 6.45) is 1.75. The molecule has 0 spiro atoms. The van der Waals surface area contributed by atoms with E-state index >= 15 is 0 Å². The molecule has 0 radical (unpaired) electrons. The lowest BCUT2D eigenvalue weighted by Gasteiger charge is -2.17. The minimum atomic E-state index is -0.144. The van der Waals surface area contributed by atoms with E-state index in [1.165, 1.54) is 23.5 Å². The molecule has 152 valence electrons. The average molecular weight is 480 g/mol. The van der Waals surface area contributed by atoms with Crippen molar-refractivity contribution in [1.82, 2.24) is 0 Å². The number of halogens is 1. The lowest BCUT2D eigenvalue weighted by molar-refractivity contribution is -0.113. The minimum Gasteiger partial charge on any atom is -0.450 e. The summed E-state index contributed by atoms with van der Waals surface area (Å²) in [5.41, 5.74) is 0.794. The highest BCUT2D eigenvalue weighted by Crippen LogP contribution is 2.39. The molecule has 7 heteroatoms. The zero-order valence-corrected chi connectivity index (χ0v) is 19.2. The second-order valence-corrected chi connectivity index (χ2v) is 9.92. The van der Waals surface area contributed by atoms with Crippen LogP contribution in [0.1, 0.15) is 5.76 Å². The van der Waals surface area contributed by atoms with Gasteiger partial charge in [0.05, 0.1) is 10.6 Å². The summed E-state index contributed by atoms with van der Waals surface area (Å²) < 4.78 is 6.41. The van der Waals surface area contributed by atoms with Gasteiger partial charge in [-0.05, 0) is 47.9 Å². The topological polar surface area (TPSA) is 33.5 Å². The molecule has 5 rings (SSSR count). The molecular weight excluding hydrogens is 466 g/mol. The molecule has 1 aromatic heterocycles. The number of thioether (sulfide) groups is 1. The van der Waals surface area contributed by atoms with Crippen molar-refractivity contribution in [2.24, 2.45) is 0 Å². The first-order chi connectivity index (χ1) is 15.1. The lowest BCUT2D eigenvalue weighted by Crippen LogP contribution is -2.27. The monoisotopic (exact) mass is 479 g/mol. The maximum atomic E-state index is 13.2. The molecular formula is C24H14ClNO2S3. The molecule has 1 aliphatic rings. The second kappa shape index (κ2) is 8.55. The van der Waals surface area contributed by atoms with E-state index in [1.54, 1.807) is 11.0 Å². The SMILES string of the molecule is O=C1/C(=C\c2ccc(Sc3ccc(Cl)cc3)o2)SC(=S)N1c1cccc2ccccc12. The summed E-state index contributed by atoms with van der Waals surface area (Å²) in [5, 5.41) is 3.48. The largest absolute Gasteiger partial charge is 0.450 e. The molecule has 4 aromatic rings. The number of thiocarbonyl (C=S) groups is 1. The van der Waals surface area contributed by atoms with Gasteiger partial charge in [0, 0.05) is 21.4 Å². The van der Waals surface area contributed by atoms with E-state index in [1.807, 2.05) is 78.9 Å². The Bertz CT molecular complexity index is 1340. The molecule has 0 aliphatic carbocycles. The summed E-state index contributed by atoms with van der Waals surface area (Å²) in [5.74, 6) is 0.463. The predicted molar refractivity (Wildman–Crippen MR) is 134 cm³/mol. The number of hydrogen-bond acceptors (Lipinski definition) is 5. The number of nitrogens with zero attached hydrogens (tertiary/aromatic N) is 1. The van der Waals surface area contributed by atoms with Crippen molar-refractivity contribution in [3.8, 4) is 0 Å². The van der Waals surface area contributed by atoms with Gasteiger partial charge in [-0.25, -0.2) is 0 Å². The summed E-state index contributed by atoms with van der Waals surface area (Å²) in [6, 6.07) is 25.1. The van der Waals surface area contributed by atoms with Crippen molar-refractivity contribution in [3.63, 3.8) is 0 Å². The van der Waals surface area contributed by atoms with Crippen LogP contribution in [-0.4, -0.2) is 10.2 Å². The molecule has 3 aromatic carbocycles. The number of rotatable bonds is 4. The number of carbonyl (C=O) groups excluding carboxylic acids is 1. The molecule has 0 N–H and O–H groups in total. The first-order valence-electron chi connectivity index (χ1n) is 9.37. The Kier molecular flexibility index (Phi) is 5.63. The van der Waals surface area contributed by atoms with E-state index in [0.717, 1.165) is 26.4 Å². The molecule has 31 heavy (non-hydrogen) atoms. The Morgan fingerprint density at radius 2 is 1.74 bits per heavy atom. The number of furan rings is 1. The zero-order chi connectivity index (χ0) is 21.4. The van der Waals surface area contributed by atoms with Crippen LogP contribution in [-0.2, 0) is 4.79 Å². The fraction of sp³-hybridized carbons (Fsp3) is 0. The van der Waals surface area contributed by atoms with Crippen LogP contribution < -0.4 is 4.90 Å². The van der Waals surface area contributed by atoms with Crippen molar-refractivity contribution < 1.29 is 9.21 Å². The summed E-state index contributed by atoms with van der Waals surface area (Å²) in [7, 11) is 0. The number of fused-ring (bicyclic) bond motifs is 1. The van der Waals surface area contributed by atoms with Gasteiger partial charge in [-0.3, -0.25) is 9.69 Å². The Balaban J connectivity index is 1.41. The Labute approximate surface area is 198 Å². The van der Waals surface area contributed by atoms with Crippen LogP contribution in [0, 0.1) is 0 Å². The molecule has 0 saturated carbocycles. The van der Waals surface area contributed by atoms with Crippen LogP contribution >= 0.6 is 47.3 Å². The number of amides is 1.